The minimum Gasteiger partial charge on any atom is -0.497 e. The Morgan fingerprint density at radius 1 is 1.19 bits per heavy atom. The van der Waals surface area contributed by atoms with E-state index < -0.39 is 10.8 Å². The van der Waals surface area contributed by atoms with Crippen LogP contribution >= 0.6 is 11.6 Å². The smallest absolute Gasteiger partial charge is 0.237 e. The zero-order chi connectivity index (χ0) is 19.4. The molecular weight excluding hydrogens is 386 g/mol. The topological polar surface area (TPSA) is 73.2 Å². The third kappa shape index (κ3) is 4.56. The van der Waals surface area contributed by atoms with Crippen LogP contribution in [0.25, 0.3) is 11.3 Å². The van der Waals surface area contributed by atoms with Crippen LogP contribution in [-0.2, 0) is 22.6 Å². The van der Waals surface area contributed by atoms with E-state index in [9.17, 15) is 9.00 Å². The Kier molecular flexibility index (Phi) is 5.93. The summed E-state index contributed by atoms with van der Waals surface area (Å²) in [6.45, 7) is 0. The van der Waals surface area contributed by atoms with Crippen LogP contribution in [0.3, 0.4) is 0 Å². The van der Waals surface area contributed by atoms with Crippen LogP contribution in [0.4, 0.5) is 5.69 Å². The largest absolute Gasteiger partial charge is 0.497 e. The average molecular weight is 404 g/mol. The fourth-order valence-corrected chi connectivity index (χ4v) is 3.69. The van der Waals surface area contributed by atoms with Crippen LogP contribution in [0.1, 0.15) is 0 Å². The first-order chi connectivity index (χ1) is 13.0. The number of halogens is 1. The molecule has 8 heteroatoms. The Morgan fingerprint density at radius 2 is 1.85 bits per heavy atom. The van der Waals surface area contributed by atoms with E-state index in [4.69, 9.17) is 16.3 Å². The molecule has 3 rings (SSSR count). The first-order valence-corrected chi connectivity index (χ1v) is 9.77. The van der Waals surface area contributed by atoms with E-state index in [2.05, 4.69) is 10.3 Å². The molecule has 1 aromatic heterocycles. The number of nitrogens with zero attached hydrogens (tertiary/aromatic N) is 2. The van der Waals surface area contributed by atoms with Crippen LogP contribution in [0.15, 0.2) is 59.9 Å². The lowest BCUT2D eigenvalue weighted by Crippen LogP contribution is -2.21. The van der Waals surface area contributed by atoms with Gasteiger partial charge in [-0.25, -0.2) is 4.98 Å². The Hall–Kier alpha value is -2.64. The van der Waals surface area contributed by atoms with Gasteiger partial charge >= 0.3 is 0 Å². The number of amides is 1. The van der Waals surface area contributed by atoms with Crippen molar-refractivity contribution >= 4 is 34.0 Å². The highest BCUT2D eigenvalue weighted by molar-refractivity contribution is 7.85. The standard InChI is InChI=1S/C19H18ClN3O3S/c1-23-17(13-3-5-14(20)6-4-13)11-21-19(23)27(25)12-18(24)22-15-7-9-16(26-2)10-8-15/h3-11H,12H2,1-2H3,(H,22,24). The molecule has 3 aromatic rings. The van der Waals surface area contributed by atoms with Crippen LogP contribution in [0, 0.1) is 0 Å². The minimum absolute atomic E-state index is 0.184. The summed E-state index contributed by atoms with van der Waals surface area (Å²) >= 11 is 5.91. The van der Waals surface area contributed by atoms with Gasteiger partial charge in [0.25, 0.3) is 0 Å². The lowest BCUT2D eigenvalue weighted by Gasteiger charge is -2.08. The fourth-order valence-electron chi connectivity index (χ4n) is 2.55. The molecule has 0 aliphatic rings. The molecule has 1 N–H and O–H groups in total. The van der Waals surface area contributed by atoms with E-state index in [1.807, 2.05) is 12.1 Å². The molecule has 0 aliphatic carbocycles. The number of imidazole rings is 1. The number of aromatic nitrogens is 2. The van der Waals surface area contributed by atoms with Gasteiger partial charge in [-0.05, 0) is 42.0 Å². The van der Waals surface area contributed by atoms with E-state index in [1.165, 1.54) is 0 Å². The maximum atomic E-state index is 12.6. The number of nitrogens with one attached hydrogen (secondary N) is 1. The Morgan fingerprint density at radius 3 is 2.48 bits per heavy atom. The van der Waals surface area contributed by atoms with E-state index in [0.717, 1.165) is 11.3 Å². The minimum atomic E-state index is -1.57. The number of hydrogen-bond donors (Lipinski definition) is 1. The maximum Gasteiger partial charge on any atom is 0.237 e. The monoisotopic (exact) mass is 403 g/mol. The van der Waals surface area contributed by atoms with Gasteiger partial charge in [-0.15, -0.1) is 0 Å². The lowest BCUT2D eigenvalue weighted by atomic mass is 10.2. The van der Waals surface area contributed by atoms with Gasteiger partial charge < -0.3 is 14.6 Å². The molecule has 0 radical (unpaired) electrons. The molecule has 0 spiro atoms. The van der Waals surface area contributed by atoms with Crippen molar-refractivity contribution in [1.29, 1.82) is 0 Å². The molecule has 0 bridgehead atoms. The summed E-state index contributed by atoms with van der Waals surface area (Å²) in [4.78, 5) is 16.4. The fraction of sp³-hybridized carbons (Fsp3) is 0.158. The summed E-state index contributed by atoms with van der Waals surface area (Å²) in [6.07, 6.45) is 1.64. The molecule has 1 heterocycles. The van der Waals surface area contributed by atoms with E-state index in [1.54, 1.807) is 61.3 Å². The Bertz CT molecular complexity index is 969. The molecule has 27 heavy (non-hydrogen) atoms. The molecular formula is C19H18ClN3O3S. The molecule has 140 valence electrons. The normalized spacial score (nSPS) is 11.8. The van der Waals surface area contributed by atoms with Crippen molar-refractivity contribution < 1.29 is 13.7 Å². The first-order valence-electron chi connectivity index (χ1n) is 8.08. The van der Waals surface area contributed by atoms with Crippen molar-refractivity contribution in [1.82, 2.24) is 9.55 Å². The van der Waals surface area contributed by atoms with Crippen LogP contribution in [-0.4, -0.2) is 32.5 Å². The number of methoxy groups -OCH3 is 1. The van der Waals surface area contributed by atoms with Crippen molar-refractivity contribution in [2.75, 3.05) is 18.2 Å². The molecule has 0 aliphatic heterocycles. The number of rotatable bonds is 6. The van der Waals surface area contributed by atoms with Crippen molar-refractivity contribution in [3.8, 4) is 17.0 Å². The van der Waals surface area contributed by atoms with Crippen molar-refractivity contribution in [2.24, 2.45) is 7.05 Å². The zero-order valence-electron chi connectivity index (χ0n) is 14.8. The van der Waals surface area contributed by atoms with Gasteiger partial charge in [0.05, 0.1) is 29.8 Å². The maximum absolute atomic E-state index is 12.6. The van der Waals surface area contributed by atoms with Crippen molar-refractivity contribution in [3.63, 3.8) is 0 Å². The molecule has 1 atom stereocenters. The third-order valence-electron chi connectivity index (χ3n) is 3.93. The summed E-state index contributed by atoms with van der Waals surface area (Å²) in [5.74, 6) is 0.158. The second-order valence-corrected chi connectivity index (χ2v) is 7.54. The van der Waals surface area contributed by atoms with Crippen LogP contribution in [0.2, 0.25) is 5.02 Å². The highest BCUT2D eigenvalue weighted by Crippen LogP contribution is 2.23. The lowest BCUT2D eigenvalue weighted by molar-refractivity contribution is -0.113. The molecule has 0 fully saturated rings. The predicted octanol–water partition coefficient (Wildman–Crippen LogP) is 3.50. The summed E-state index contributed by atoms with van der Waals surface area (Å²) in [5, 5.41) is 3.70. The molecule has 2 aromatic carbocycles. The second kappa shape index (κ2) is 8.37. The van der Waals surface area contributed by atoms with Gasteiger partial charge in [-0.2, -0.15) is 0 Å². The highest BCUT2D eigenvalue weighted by Gasteiger charge is 2.17. The summed E-state index contributed by atoms with van der Waals surface area (Å²) in [6, 6.07) is 14.2. The number of anilines is 1. The molecule has 1 amide bonds. The molecule has 0 saturated carbocycles. The van der Waals surface area contributed by atoms with Gasteiger partial charge in [0, 0.05) is 17.8 Å². The second-order valence-electron chi connectivity index (χ2n) is 5.76. The van der Waals surface area contributed by atoms with E-state index in [0.29, 0.717) is 21.6 Å². The number of carbonyl (C=O) groups is 1. The van der Waals surface area contributed by atoms with Gasteiger partial charge in [0.2, 0.25) is 5.91 Å². The Balaban J connectivity index is 1.68. The molecule has 6 nitrogen and oxygen atoms in total. The number of benzene rings is 2. The first kappa shape index (κ1) is 19.1. The van der Waals surface area contributed by atoms with Gasteiger partial charge in [0.15, 0.2) is 5.16 Å². The van der Waals surface area contributed by atoms with Crippen molar-refractivity contribution in [3.05, 3.63) is 59.8 Å². The number of hydrogen-bond acceptors (Lipinski definition) is 4. The summed E-state index contributed by atoms with van der Waals surface area (Å²) < 4.78 is 19.4. The molecule has 0 saturated heterocycles. The summed E-state index contributed by atoms with van der Waals surface area (Å²) in [7, 11) is 1.77. The number of ether oxygens (including phenoxy) is 1. The average Bonchev–Trinajstić information content (AvgIpc) is 3.04. The third-order valence-corrected chi connectivity index (χ3v) is 5.49. The highest BCUT2D eigenvalue weighted by atomic mass is 35.5. The molecule has 1 unspecified atom stereocenters. The van der Waals surface area contributed by atoms with Crippen LogP contribution < -0.4 is 10.1 Å². The zero-order valence-corrected chi connectivity index (χ0v) is 16.4. The van der Waals surface area contributed by atoms with Gasteiger partial charge in [-0.3, -0.25) is 9.00 Å². The predicted molar refractivity (Wildman–Crippen MR) is 107 cm³/mol. The van der Waals surface area contributed by atoms with Crippen molar-refractivity contribution in [2.45, 2.75) is 5.16 Å². The summed E-state index contributed by atoms with van der Waals surface area (Å²) in [5.41, 5.74) is 2.31. The number of carbonyl (C=O) groups excluding carboxylic acids is 1. The van der Waals surface area contributed by atoms with E-state index >= 15 is 0 Å². The SMILES string of the molecule is COc1ccc(NC(=O)CS(=O)c2ncc(-c3ccc(Cl)cc3)n2C)cc1. The quantitative estimate of drug-likeness (QED) is 0.683. The van der Waals surface area contributed by atoms with Gasteiger partial charge in [-0.1, -0.05) is 23.7 Å². The van der Waals surface area contributed by atoms with Crippen LogP contribution in [0.5, 0.6) is 5.75 Å². The Labute approximate surface area is 164 Å². The van der Waals surface area contributed by atoms with Gasteiger partial charge in [0.1, 0.15) is 11.5 Å². The van der Waals surface area contributed by atoms with E-state index in [-0.39, 0.29) is 11.7 Å².